The molecule has 19 heteroatoms. The molecular weight excluding hydrogens is 825 g/mol. The van der Waals surface area contributed by atoms with Crippen molar-refractivity contribution in [2.24, 2.45) is 16.3 Å². The van der Waals surface area contributed by atoms with Crippen LogP contribution in [0.3, 0.4) is 0 Å². The number of rotatable bonds is 15. The number of anilines is 1. The quantitative estimate of drug-likeness (QED) is 0.102. The second kappa shape index (κ2) is 20.3. The Balaban J connectivity index is 0.000000605. The van der Waals surface area contributed by atoms with Gasteiger partial charge in [-0.2, -0.15) is 4.99 Å². The zero-order chi connectivity index (χ0) is 46.0. The molecule has 3 aliphatic rings. The third-order valence-corrected chi connectivity index (χ3v) is 11.7. The first-order chi connectivity index (χ1) is 29.1. The smallest absolute Gasteiger partial charge is 0.412 e. The molecule has 5 atom stereocenters. The standard InChI is InChI=1S/C34H49N5O10S.C9H9NO2/c1-9-20-18-34(20,29(42)38-50(45,46)22-15-16-22)37-27(40)24-17-21(48-30(43)35-23-13-11-12-14-25(23)47-10-2)19-39(24)28(41)26(32(3,4)5)36-31(44)49-33(6,7)8;1-2-12-9-6-4-3-5-8(9)10-7-11/h9,11-14,20-22,24,26H,1,10,15-19H2,2-8H3,(H,35,43)(H,36,44)(H,37,40)(H,38,42);3-6H,2H2,1H3/t20?,21-,24+,26-,34-;/m1./s1. The number of hydrogen-bond acceptors (Lipinski definition) is 13. The molecule has 2 aromatic carbocycles. The number of aliphatic imine (C=N–C) groups is 1. The van der Waals surface area contributed by atoms with Crippen molar-refractivity contribution in [3.8, 4) is 11.5 Å². The fourth-order valence-electron chi connectivity index (χ4n) is 6.65. The monoisotopic (exact) mass is 882 g/mol. The molecule has 2 aromatic rings. The predicted octanol–water partition coefficient (Wildman–Crippen LogP) is 5.26. The van der Waals surface area contributed by atoms with E-state index in [0.717, 1.165) is 0 Å². The maximum Gasteiger partial charge on any atom is 0.412 e. The zero-order valence-electron chi connectivity index (χ0n) is 36.4. The second-order valence-corrected chi connectivity index (χ2v) is 19.0. The number of nitrogens with one attached hydrogen (secondary N) is 4. The fraction of sp³-hybridized carbons (Fsp3) is 0.535. The van der Waals surface area contributed by atoms with E-state index in [1.165, 1.54) is 17.1 Å². The average molecular weight is 883 g/mol. The number of para-hydroxylation sites is 4. The van der Waals surface area contributed by atoms with Gasteiger partial charge in [0, 0.05) is 12.3 Å². The van der Waals surface area contributed by atoms with E-state index in [4.69, 9.17) is 18.9 Å². The minimum absolute atomic E-state index is 0.0985. The van der Waals surface area contributed by atoms with Crippen LogP contribution in [0.4, 0.5) is 21.0 Å². The van der Waals surface area contributed by atoms with E-state index in [2.05, 4.69) is 32.2 Å². The van der Waals surface area contributed by atoms with Crippen molar-refractivity contribution in [2.75, 3.05) is 25.1 Å². The number of nitrogens with zero attached hydrogens (tertiary/aromatic N) is 2. The van der Waals surface area contributed by atoms with Crippen LogP contribution in [0.5, 0.6) is 11.5 Å². The summed E-state index contributed by atoms with van der Waals surface area (Å²) in [7, 11) is -3.92. The molecule has 62 heavy (non-hydrogen) atoms. The van der Waals surface area contributed by atoms with Gasteiger partial charge in [-0.3, -0.25) is 24.4 Å². The molecule has 0 radical (unpaired) electrons. The molecule has 1 unspecified atom stereocenters. The van der Waals surface area contributed by atoms with E-state index in [0.29, 0.717) is 48.9 Å². The Bertz CT molecular complexity index is 2140. The number of sulfonamides is 1. The molecule has 5 rings (SSSR count). The van der Waals surface area contributed by atoms with Crippen LogP contribution >= 0.6 is 0 Å². The predicted molar refractivity (Wildman–Crippen MR) is 229 cm³/mol. The highest BCUT2D eigenvalue weighted by Gasteiger charge is 2.62. The second-order valence-electron chi connectivity index (χ2n) is 17.1. The maximum atomic E-state index is 14.3. The van der Waals surface area contributed by atoms with Crippen molar-refractivity contribution < 1.29 is 56.1 Å². The molecular formula is C43H58N6O12S. The average Bonchev–Trinajstić information content (AvgIpc) is 4.11. The van der Waals surface area contributed by atoms with E-state index in [9.17, 15) is 37.2 Å². The number of benzene rings is 2. The van der Waals surface area contributed by atoms with Gasteiger partial charge in [-0.25, -0.2) is 22.8 Å². The van der Waals surface area contributed by atoms with Crippen molar-refractivity contribution in [1.29, 1.82) is 0 Å². The first-order valence-electron chi connectivity index (χ1n) is 20.4. The highest BCUT2D eigenvalue weighted by atomic mass is 32.2. The number of hydrogen-bond donors (Lipinski definition) is 4. The van der Waals surface area contributed by atoms with Crippen LogP contribution in [0.1, 0.15) is 81.1 Å². The van der Waals surface area contributed by atoms with Crippen LogP contribution in [-0.4, -0.2) is 104 Å². The lowest BCUT2D eigenvalue weighted by molar-refractivity contribution is -0.143. The summed E-state index contributed by atoms with van der Waals surface area (Å²) in [4.78, 5) is 82.3. The molecule has 0 bridgehead atoms. The molecule has 1 saturated heterocycles. The van der Waals surface area contributed by atoms with Crippen molar-refractivity contribution in [1.82, 2.24) is 20.3 Å². The molecule has 1 heterocycles. The summed E-state index contributed by atoms with van der Waals surface area (Å²) in [5, 5.41) is 7.29. The Labute approximate surface area is 362 Å². The van der Waals surface area contributed by atoms with E-state index in [1.807, 2.05) is 13.0 Å². The summed E-state index contributed by atoms with van der Waals surface area (Å²) < 4.78 is 49.2. The first-order valence-corrected chi connectivity index (χ1v) is 21.9. The van der Waals surface area contributed by atoms with Gasteiger partial charge >= 0.3 is 12.2 Å². The normalized spacial score (nSPS) is 21.0. The van der Waals surface area contributed by atoms with E-state index < -0.39 is 85.8 Å². The fourth-order valence-corrected chi connectivity index (χ4v) is 8.02. The van der Waals surface area contributed by atoms with Crippen molar-refractivity contribution in [3.63, 3.8) is 0 Å². The summed E-state index contributed by atoms with van der Waals surface area (Å²) >= 11 is 0. The highest BCUT2D eigenvalue weighted by molar-refractivity contribution is 7.91. The SMILES string of the molecule is C=CC1C[C@]1(NC(=O)[C@@H]1C[C@@H](OC(=O)Nc2ccccc2OCC)CN1C(=O)[C@@H](NC(=O)OC(C)(C)C)C(C)(C)C)C(=O)NS(=O)(=O)C1CC1.CCOc1ccccc1N=C=O. The number of likely N-dealkylation sites (tertiary alicyclic amines) is 1. The van der Waals surface area contributed by atoms with Gasteiger partial charge in [-0.05, 0) is 83.6 Å². The maximum absolute atomic E-state index is 14.3. The van der Waals surface area contributed by atoms with Crippen LogP contribution in [0.25, 0.3) is 0 Å². The summed E-state index contributed by atoms with van der Waals surface area (Å²) in [6, 6.07) is 11.4. The molecule has 2 saturated carbocycles. The lowest BCUT2D eigenvalue weighted by Crippen LogP contribution is -2.60. The van der Waals surface area contributed by atoms with Crippen LogP contribution in [0, 0.1) is 11.3 Å². The van der Waals surface area contributed by atoms with Crippen LogP contribution in [0.15, 0.2) is 66.2 Å². The number of ether oxygens (including phenoxy) is 4. The Morgan fingerprint density at radius 1 is 0.952 bits per heavy atom. The summed E-state index contributed by atoms with van der Waals surface area (Å²) in [5.74, 6) is -1.84. The van der Waals surface area contributed by atoms with E-state index >= 15 is 0 Å². The van der Waals surface area contributed by atoms with Gasteiger partial charge < -0.3 is 34.5 Å². The number of amides is 5. The largest absolute Gasteiger partial charge is 0.492 e. The summed E-state index contributed by atoms with van der Waals surface area (Å²) in [5.41, 5.74) is -2.45. The van der Waals surface area contributed by atoms with E-state index in [1.54, 1.807) is 90.9 Å². The number of alkyl carbamates (subject to hydrolysis) is 1. The molecule has 2 aliphatic carbocycles. The van der Waals surface area contributed by atoms with Crippen LogP contribution in [-0.2, 0) is 38.7 Å². The van der Waals surface area contributed by atoms with Gasteiger partial charge in [0.15, 0.2) is 0 Å². The topological polar surface area (TPSA) is 237 Å². The Morgan fingerprint density at radius 3 is 2.13 bits per heavy atom. The summed E-state index contributed by atoms with van der Waals surface area (Å²) in [6.45, 7) is 18.3. The Morgan fingerprint density at radius 2 is 1.56 bits per heavy atom. The third-order valence-electron chi connectivity index (χ3n) is 9.90. The first kappa shape index (κ1) is 48.7. The molecule has 338 valence electrons. The molecule has 0 aromatic heterocycles. The Hall–Kier alpha value is -5.94. The van der Waals surface area contributed by atoms with Gasteiger partial charge in [-0.1, -0.05) is 51.1 Å². The molecule has 5 amide bonds. The molecule has 4 N–H and O–H groups in total. The number of carbonyl (C=O) groups is 5. The molecule has 1 aliphatic heterocycles. The third kappa shape index (κ3) is 13.0. The van der Waals surface area contributed by atoms with Gasteiger partial charge in [0.2, 0.25) is 27.9 Å². The van der Waals surface area contributed by atoms with Crippen molar-refractivity contribution in [3.05, 3.63) is 61.2 Å². The van der Waals surface area contributed by atoms with Crippen molar-refractivity contribution >= 4 is 57.4 Å². The Kier molecular flexibility index (Phi) is 15.9. The van der Waals surface area contributed by atoms with Gasteiger partial charge in [0.1, 0.15) is 46.5 Å². The minimum Gasteiger partial charge on any atom is -0.492 e. The van der Waals surface area contributed by atoms with Gasteiger partial charge in [0.25, 0.3) is 5.91 Å². The molecule has 3 fully saturated rings. The molecule has 18 nitrogen and oxygen atoms in total. The van der Waals surface area contributed by atoms with E-state index in [-0.39, 0.29) is 19.4 Å². The zero-order valence-corrected chi connectivity index (χ0v) is 37.3. The molecule has 0 spiro atoms. The van der Waals surface area contributed by atoms with Gasteiger partial charge in [0.05, 0.1) is 30.7 Å². The minimum atomic E-state index is -3.92. The number of carbonyl (C=O) groups excluding carboxylic acids is 6. The number of isocyanates is 1. The van der Waals surface area contributed by atoms with Crippen molar-refractivity contribution in [2.45, 2.75) is 116 Å². The van der Waals surface area contributed by atoms with Crippen LogP contribution < -0.4 is 30.1 Å². The lowest BCUT2D eigenvalue weighted by Gasteiger charge is -2.36. The summed E-state index contributed by atoms with van der Waals surface area (Å²) in [6.07, 6.45) is 1.07. The van der Waals surface area contributed by atoms with Crippen LogP contribution in [0.2, 0.25) is 0 Å². The van der Waals surface area contributed by atoms with Gasteiger partial charge in [-0.15, -0.1) is 6.58 Å². The highest BCUT2D eigenvalue weighted by Crippen LogP contribution is 2.45. The lowest BCUT2D eigenvalue weighted by atomic mass is 9.85.